The molecular formula is C37H68N4O6. The lowest BCUT2D eigenvalue weighted by Gasteiger charge is -2.25. The Hall–Kier alpha value is -2.40. The molecule has 0 aliphatic rings. The molecule has 10 heteroatoms. The second kappa shape index (κ2) is 29.7. The molecule has 47 heavy (non-hydrogen) atoms. The molecule has 1 aromatic rings. The maximum Gasteiger partial charge on any atom is 0.321 e. The zero-order valence-corrected chi connectivity index (χ0v) is 30.0. The van der Waals surface area contributed by atoms with E-state index in [1.165, 1.54) is 77.0 Å². The molecule has 1 aromatic carbocycles. The van der Waals surface area contributed by atoms with Crippen molar-refractivity contribution in [1.82, 2.24) is 9.80 Å². The van der Waals surface area contributed by atoms with Crippen molar-refractivity contribution in [3.63, 3.8) is 0 Å². The van der Waals surface area contributed by atoms with E-state index in [4.69, 9.17) is 19.7 Å². The van der Waals surface area contributed by atoms with Gasteiger partial charge in [-0.15, -0.1) is 0 Å². The predicted octanol–water partition coefficient (Wildman–Crippen LogP) is 7.96. The van der Waals surface area contributed by atoms with Gasteiger partial charge in [-0.2, -0.15) is 0 Å². The molecule has 0 saturated carbocycles. The molecule has 4 amide bonds. The molecule has 1 rings (SSSR count). The summed E-state index contributed by atoms with van der Waals surface area (Å²) in [6, 6.07) is 5.13. The molecule has 0 saturated heterocycles. The van der Waals surface area contributed by atoms with Gasteiger partial charge in [0.15, 0.2) is 0 Å². The Morgan fingerprint density at radius 2 is 1.02 bits per heavy atom. The number of ether oxygens (including phenoxy) is 2. The lowest BCUT2D eigenvalue weighted by molar-refractivity contribution is 0.0797. The largest absolute Gasteiger partial charge is 0.394 e. The van der Waals surface area contributed by atoms with Crippen molar-refractivity contribution < 1.29 is 29.3 Å². The second-order valence-corrected chi connectivity index (χ2v) is 12.5. The van der Waals surface area contributed by atoms with Crippen LogP contribution in [0.3, 0.4) is 0 Å². The van der Waals surface area contributed by atoms with Crippen molar-refractivity contribution in [2.75, 3.05) is 76.5 Å². The summed E-state index contributed by atoms with van der Waals surface area (Å²) >= 11 is 0. The van der Waals surface area contributed by atoms with Gasteiger partial charge in [-0.3, -0.25) is 0 Å². The summed E-state index contributed by atoms with van der Waals surface area (Å²) in [6.07, 6.45) is 19.0. The van der Waals surface area contributed by atoms with Crippen LogP contribution in [-0.4, -0.2) is 97.9 Å². The van der Waals surface area contributed by atoms with Gasteiger partial charge in [-0.25, -0.2) is 9.59 Å². The molecule has 0 aliphatic heterocycles. The summed E-state index contributed by atoms with van der Waals surface area (Å²) in [4.78, 5) is 30.3. The van der Waals surface area contributed by atoms with E-state index in [9.17, 15) is 9.59 Å². The van der Waals surface area contributed by atoms with E-state index in [2.05, 4.69) is 24.5 Å². The molecule has 0 aliphatic carbocycles. The summed E-state index contributed by atoms with van der Waals surface area (Å²) in [7, 11) is 0. The molecule has 272 valence electrons. The van der Waals surface area contributed by atoms with Crippen LogP contribution in [0.2, 0.25) is 0 Å². The van der Waals surface area contributed by atoms with Crippen LogP contribution < -0.4 is 10.6 Å². The topological polar surface area (TPSA) is 124 Å². The number of benzene rings is 1. The zero-order chi connectivity index (χ0) is 34.4. The zero-order valence-electron chi connectivity index (χ0n) is 30.0. The molecule has 0 fully saturated rings. The number of nitrogens with zero attached hydrogens (tertiary/aromatic N) is 2. The van der Waals surface area contributed by atoms with Gasteiger partial charge in [0.1, 0.15) is 0 Å². The fourth-order valence-corrected chi connectivity index (χ4v) is 5.42. The number of unbranched alkanes of at least 4 members (excludes halogenated alkanes) is 14. The van der Waals surface area contributed by atoms with E-state index in [-0.39, 0.29) is 38.5 Å². The minimum absolute atomic E-state index is 0.0473. The SMILES string of the molecule is CCCCCCCCCCN(CCOCCO)C(=O)Nc1ccc(C)c(NC(=O)N(CCCCCCCCCC)CCOCCO)c1. The van der Waals surface area contributed by atoms with Crippen LogP contribution in [0.1, 0.15) is 122 Å². The van der Waals surface area contributed by atoms with E-state index in [1.807, 2.05) is 19.1 Å². The maximum absolute atomic E-state index is 13.4. The van der Waals surface area contributed by atoms with Gasteiger partial charge in [0.2, 0.25) is 0 Å². The second-order valence-electron chi connectivity index (χ2n) is 12.5. The van der Waals surface area contributed by atoms with Crippen molar-refractivity contribution >= 4 is 23.4 Å². The highest BCUT2D eigenvalue weighted by atomic mass is 16.5. The van der Waals surface area contributed by atoms with Crippen molar-refractivity contribution in [3.05, 3.63) is 23.8 Å². The van der Waals surface area contributed by atoms with Crippen molar-refractivity contribution in [2.45, 2.75) is 124 Å². The highest BCUT2D eigenvalue weighted by molar-refractivity contribution is 5.93. The Kier molecular flexibility index (Phi) is 26.9. The first-order chi connectivity index (χ1) is 23.0. The third-order valence-corrected chi connectivity index (χ3v) is 8.35. The van der Waals surface area contributed by atoms with Crippen LogP contribution >= 0.6 is 0 Å². The van der Waals surface area contributed by atoms with Crippen molar-refractivity contribution in [3.8, 4) is 0 Å². The number of amides is 4. The molecule has 0 unspecified atom stereocenters. The van der Waals surface area contributed by atoms with E-state index in [0.717, 1.165) is 31.2 Å². The third-order valence-electron chi connectivity index (χ3n) is 8.35. The highest BCUT2D eigenvalue weighted by Gasteiger charge is 2.17. The lowest BCUT2D eigenvalue weighted by atomic mass is 10.1. The Bertz CT molecular complexity index is 919. The number of rotatable bonds is 30. The van der Waals surface area contributed by atoms with Crippen LogP contribution in [0, 0.1) is 6.92 Å². The van der Waals surface area contributed by atoms with Crippen molar-refractivity contribution in [1.29, 1.82) is 0 Å². The first-order valence-corrected chi connectivity index (χ1v) is 18.6. The smallest absolute Gasteiger partial charge is 0.321 e. The summed E-state index contributed by atoms with van der Waals surface area (Å²) < 4.78 is 10.9. The molecule has 0 spiro atoms. The van der Waals surface area contributed by atoms with E-state index < -0.39 is 0 Å². The van der Waals surface area contributed by atoms with Gasteiger partial charge in [-0.1, -0.05) is 110 Å². The summed E-state index contributed by atoms with van der Waals surface area (Å²) in [5.41, 5.74) is 2.15. The van der Waals surface area contributed by atoms with E-state index >= 15 is 0 Å². The van der Waals surface area contributed by atoms with Gasteiger partial charge in [0.25, 0.3) is 0 Å². The number of nitrogens with one attached hydrogen (secondary N) is 2. The average Bonchev–Trinajstić information content (AvgIpc) is 3.06. The molecule has 4 N–H and O–H groups in total. The number of aliphatic hydroxyl groups excluding tert-OH is 2. The van der Waals surface area contributed by atoms with Crippen LogP contribution in [0.5, 0.6) is 0 Å². The number of aryl methyl sites for hydroxylation is 1. The first kappa shape index (κ1) is 42.6. The molecular weight excluding hydrogens is 596 g/mol. The van der Waals surface area contributed by atoms with Crippen molar-refractivity contribution in [2.24, 2.45) is 0 Å². The quantitative estimate of drug-likeness (QED) is 0.0619. The lowest BCUT2D eigenvalue weighted by Crippen LogP contribution is -2.39. The summed E-state index contributed by atoms with van der Waals surface area (Å²) in [5, 5.41) is 24.2. The van der Waals surface area contributed by atoms with E-state index in [1.54, 1.807) is 15.9 Å². The number of aliphatic hydroxyl groups is 2. The minimum Gasteiger partial charge on any atom is -0.394 e. The van der Waals surface area contributed by atoms with Gasteiger partial charge >= 0.3 is 12.1 Å². The fourth-order valence-electron chi connectivity index (χ4n) is 5.42. The van der Waals surface area contributed by atoms with Crippen LogP contribution in [0.15, 0.2) is 18.2 Å². The number of urea groups is 2. The molecule has 10 nitrogen and oxygen atoms in total. The molecule has 0 bridgehead atoms. The van der Waals surface area contributed by atoms with E-state index in [0.29, 0.717) is 50.8 Å². The number of carbonyl (C=O) groups is 2. The Morgan fingerprint density at radius 3 is 1.47 bits per heavy atom. The highest BCUT2D eigenvalue weighted by Crippen LogP contribution is 2.22. The van der Waals surface area contributed by atoms with Crippen LogP contribution in [0.4, 0.5) is 21.0 Å². The number of hydrogen-bond donors (Lipinski definition) is 4. The van der Waals surface area contributed by atoms with Crippen LogP contribution in [-0.2, 0) is 9.47 Å². The molecule has 0 aromatic heterocycles. The first-order valence-electron chi connectivity index (χ1n) is 18.6. The maximum atomic E-state index is 13.4. The minimum atomic E-state index is -0.209. The Balaban J connectivity index is 2.77. The van der Waals surface area contributed by atoms with Gasteiger partial charge in [-0.05, 0) is 37.5 Å². The number of hydrogen-bond acceptors (Lipinski definition) is 6. The monoisotopic (exact) mass is 665 g/mol. The van der Waals surface area contributed by atoms with Crippen LogP contribution in [0.25, 0.3) is 0 Å². The third kappa shape index (κ3) is 22.0. The Labute approximate surface area is 286 Å². The van der Waals surface area contributed by atoms with Gasteiger partial charge < -0.3 is 40.1 Å². The molecule has 0 atom stereocenters. The number of anilines is 2. The van der Waals surface area contributed by atoms with Gasteiger partial charge in [0, 0.05) is 37.6 Å². The fraction of sp³-hybridized carbons (Fsp3) is 0.784. The van der Waals surface area contributed by atoms with Gasteiger partial charge in [0.05, 0.1) is 39.6 Å². The summed E-state index contributed by atoms with van der Waals surface area (Å²) in [6.45, 7) is 9.63. The predicted molar refractivity (Wildman–Crippen MR) is 193 cm³/mol. The molecule has 0 radical (unpaired) electrons. The Morgan fingerprint density at radius 1 is 0.596 bits per heavy atom. The summed E-state index contributed by atoms with van der Waals surface area (Å²) in [5.74, 6) is 0. The normalized spacial score (nSPS) is 11.1. The average molecular weight is 665 g/mol. The standard InChI is InChI=1S/C37H68N4O6/c1-4-6-8-10-12-14-16-18-22-40(24-28-46-30-26-42)36(44)38-34-21-20-33(3)35(32-34)39-37(45)41(25-29-47-31-27-43)23-19-17-15-13-11-9-7-5-2/h20-21,32,42-43H,4-19,22-31H2,1-3H3,(H,38,44)(H,39,45). The molecule has 0 heterocycles. The number of carbonyl (C=O) groups excluding carboxylic acids is 2.